The van der Waals surface area contributed by atoms with Crippen LogP contribution < -0.4 is 0 Å². The van der Waals surface area contributed by atoms with Crippen molar-refractivity contribution >= 4 is 0 Å². The third-order valence-corrected chi connectivity index (χ3v) is 1.40. The number of hydrogen-bond acceptors (Lipinski definition) is 2. The average molecular weight is 212 g/mol. The molecule has 0 saturated heterocycles. The molecule has 0 N–H and O–H groups in total. The summed E-state index contributed by atoms with van der Waals surface area (Å²) in [6, 6.07) is 0. The maximum atomic E-state index is 5.34. The minimum absolute atomic E-state index is 0.509. The zero-order valence-corrected chi connectivity index (χ0v) is 10.9. The topological polar surface area (TPSA) is 18.5 Å². The highest BCUT2D eigenvalue weighted by atomic mass is 16.5. The van der Waals surface area contributed by atoms with Gasteiger partial charge in [-0.1, -0.05) is 32.1 Å². The Morgan fingerprint density at radius 2 is 1.73 bits per heavy atom. The van der Waals surface area contributed by atoms with Gasteiger partial charge >= 0.3 is 0 Å². The molecule has 0 bridgehead atoms. The van der Waals surface area contributed by atoms with Crippen LogP contribution in [0.15, 0.2) is 35.8 Å². The summed E-state index contributed by atoms with van der Waals surface area (Å²) in [6.45, 7) is 14.0. The van der Waals surface area contributed by atoms with Crippen LogP contribution in [0.1, 0.15) is 34.6 Å². The van der Waals surface area contributed by atoms with Gasteiger partial charge in [0.15, 0.2) is 5.76 Å². The van der Waals surface area contributed by atoms with Crippen LogP contribution in [0.5, 0.6) is 0 Å². The molecule has 0 aliphatic heterocycles. The smallest absolute Gasteiger partial charge is 0.156 e. The molecule has 0 radical (unpaired) electrons. The zero-order chi connectivity index (χ0) is 12.3. The normalized spacial score (nSPS) is 10.3. The molecule has 0 unspecified atom stereocenters. The molecule has 0 saturated carbocycles. The van der Waals surface area contributed by atoms with E-state index in [4.69, 9.17) is 9.47 Å². The molecule has 0 rings (SSSR count). The fraction of sp³-hybridized carbons (Fsp3) is 0.538. The van der Waals surface area contributed by atoms with Gasteiger partial charge in [0, 0.05) is 0 Å². The Hall–Kier alpha value is -1.18. The first kappa shape index (κ1) is 16.3. The molecule has 0 atom stereocenters. The summed E-state index contributed by atoms with van der Waals surface area (Å²) < 4.78 is 10.5. The molecule has 2 nitrogen and oxygen atoms in total. The number of ether oxygens (including phenoxy) is 2. The standard InChI is InChI=1S/C11H18O2.C2H6/c1-6-7-13-10(4)11(12-5)8-9(2)3;1-2/h6,8H,1,7H2,2-5H3;1-2H3/b11-10-;. The van der Waals surface area contributed by atoms with Crippen LogP contribution in [0.3, 0.4) is 0 Å². The molecule has 15 heavy (non-hydrogen) atoms. The Balaban J connectivity index is 0. The minimum Gasteiger partial charge on any atom is -0.493 e. The molecule has 0 aromatic rings. The first-order valence-corrected chi connectivity index (χ1v) is 5.25. The molecule has 0 aromatic carbocycles. The van der Waals surface area contributed by atoms with E-state index in [1.54, 1.807) is 13.2 Å². The summed E-state index contributed by atoms with van der Waals surface area (Å²) >= 11 is 0. The predicted molar refractivity (Wildman–Crippen MR) is 66.6 cm³/mol. The second kappa shape index (κ2) is 10.9. The van der Waals surface area contributed by atoms with Crippen molar-refractivity contribution in [3.63, 3.8) is 0 Å². The summed E-state index contributed by atoms with van der Waals surface area (Å²) in [5, 5.41) is 0. The van der Waals surface area contributed by atoms with Gasteiger partial charge in [0.1, 0.15) is 12.4 Å². The quantitative estimate of drug-likeness (QED) is 0.389. The molecule has 2 heteroatoms. The van der Waals surface area contributed by atoms with Gasteiger partial charge in [0.2, 0.25) is 0 Å². The van der Waals surface area contributed by atoms with E-state index in [2.05, 4.69) is 6.58 Å². The summed E-state index contributed by atoms with van der Waals surface area (Å²) in [6.07, 6.45) is 3.65. The van der Waals surface area contributed by atoms with Crippen LogP contribution >= 0.6 is 0 Å². The number of allylic oxidation sites excluding steroid dienone is 3. The molecule has 0 aromatic heterocycles. The summed E-state index contributed by atoms with van der Waals surface area (Å²) in [5.41, 5.74) is 1.18. The fourth-order valence-corrected chi connectivity index (χ4v) is 0.822. The van der Waals surface area contributed by atoms with Gasteiger partial charge in [-0.2, -0.15) is 0 Å². The van der Waals surface area contributed by atoms with Crippen LogP contribution in [-0.2, 0) is 9.47 Å². The summed E-state index contributed by atoms with van der Waals surface area (Å²) in [5.74, 6) is 1.55. The van der Waals surface area contributed by atoms with Crippen molar-refractivity contribution < 1.29 is 9.47 Å². The Kier molecular flexibility index (Phi) is 11.8. The van der Waals surface area contributed by atoms with E-state index in [-0.39, 0.29) is 0 Å². The first-order valence-electron chi connectivity index (χ1n) is 5.25. The van der Waals surface area contributed by atoms with E-state index in [0.29, 0.717) is 6.61 Å². The fourth-order valence-electron chi connectivity index (χ4n) is 0.822. The first-order chi connectivity index (χ1) is 7.11. The molecule has 0 fully saturated rings. The van der Waals surface area contributed by atoms with E-state index in [0.717, 1.165) is 11.5 Å². The highest BCUT2D eigenvalue weighted by Gasteiger charge is 1.99. The van der Waals surface area contributed by atoms with Crippen LogP contribution in [0.4, 0.5) is 0 Å². The van der Waals surface area contributed by atoms with Crippen LogP contribution in [0.25, 0.3) is 0 Å². The molecule has 0 aliphatic rings. The molecular weight excluding hydrogens is 188 g/mol. The molecule has 0 heterocycles. The van der Waals surface area contributed by atoms with Gasteiger partial charge < -0.3 is 9.47 Å². The Morgan fingerprint density at radius 1 is 1.20 bits per heavy atom. The highest BCUT2D eigenvalue weighted by Crippen LogP contribution is 2.10. The summed E-state index contributed by atoms with van der Waals surface area (Å²) in [4.78, 5) is 0. The van der Waals surface area contributed by atoms with Crippen molar-refractivity contribution in [2.24, 2.45) is 0 Å². The second-order valence-electron chi connectivity index (χ2n) is 2.95. The van der Waals surface area contributed by atoms with Crippen LogP contribution in [0, 0.1) is 0 Å². The molecule has 0 spiro atoms. The van der Waals surface area contributed by atoms with E-state index in [1.165, 1.54) is 5.57 Å². The van der Waals surface area contributed by atoms with Gasteiger partial charge in [0.25, 0.3) is 0 Å². The maximum absolute atomic E-state index is 5.34. The zero-order valence-electron chi connectivity index (χ0n) is 10.9. The largest absolute Gasteiger partial charge is 0.493 e. The SMILES string of the molecule is C=CCO/C(C)=C(/C=C(C)C)OC.CC. The molecule has 0 aliphatic carbocycles. The Labute approximate surface area is 94.3 Å². The van der Waals surface area contributed by atoms with Gasteiger partial charge in [-0.25, -0.2) is 0 Å². The number of rotatable bonds is 5. The second-order valence-corrected chi connectivity index (χ2v) is 2.95. The Morgan fingerprint density at radius 3 is 2.07 bits per heavy atom. The van der Waals surface area contributed by atoms with Crippen molar-refractivity contribution in [3.05, 3.63) is 35.8 Å². The molecule has 0 amide bonds. The van der Waals surface area contributed by atoms with Gasteiger partial charge in [0.05, 0.1) is 7.11 Å². The van der Waals surface area contributed by atoms with Gasteiger partial charge in [-0.05, 0) is 26.8 Å². The van der Waals surface area contributed by atoms with Crippen molar-refractivity contribution in [1.82, 2.24) is 0 Å². The lowest BCUT2D eigenvalue weighted by Crippen LogP contribution is -1.95. The van der Waals surface area contributed by atoms with E-state index in [9.17, 15) is 0 Å². The van der Waals surface area contributed by atoms with Crippen molar-refractivity contribution in [2.75, 3.05) is 13.7 Å². The highest BCUT2D eigenvalue weighted by molar-refractivity contribution is 5.18. The summed E-state index contributed by atoms with van der Waals surface area (Å²) in [7, 11) is 1.63. The number of methoxy groups -OCH3 is 1. The minimum atomic E-state index is 0.509. The van der Waals surface area contributed by atoms with Crippen molar-refractivity contribution in [2.45, 2.75) is 34.6 Å². The number of hydrogen-bond donors (Lipinski definition) is 0. The lowest BCUT2D eigenvalue weighted by atomic mass is 10.3. The van der Waals surface area contributed by atoms with Gasteiger partial charge in [-0.3, -0.25) is 0 Å². The Bertz CT molecular complexity index is 221. The van der Waals surface area contributed by atoms with E-state index < -0.39 is 0 Å². The molecular formula is C13H24O2. The third kappa shape index (κ3) is 9.13. The van der Waals surface area contributed by atoms with E-state index >= 15 is 0 Å². The van der Waals surface area contributed by atoms with Crippen molar-refractivity contribution in [3.8, 4) is 0 Å². The lowest BCUT2D eigenvalue weighted by Gasteiger charge is -2.08. The lowest BCUT2D eigenvalue weighted by molar-refractivity contribution is 0.208. The van der Waals surface area contributed by atoms with Gasteiger partial charge in [-0.15, -0.1) is 0 Å². The van der Waals surface area contributed by atoms with Crippen molar-refractivity contribution in [1.29, 1.82) is 0 Å². The maximum Gasteiger partial charge on any atom is 0.156 e. The van der Waals surface area contributed by atoms with Crippen LogP contribution in [0.2, 0.25) is 0 Å². The predicted octanol–water partition coefficient (Wildman–Crippen LogP) is 4.06. The molecule has 88 valence electrons. The van der Waals surface area contributed by atoms with E-state index in [1.807, 2.05) is 40.7 Å². The van der Waals surface area contributed by atoms with Crippen LogP contribution in [-0.4, -0.2) is 13.7 Å². The third-order valence-electron chi connectivity index (χ3n) is 1.40. The monoisotopic (exact) mass is 212 g/mol. The average Bonchev–Trinajstić information content (AvgIpc) is 2.25.